The van der Waals surface area contributed by atoms with E-state index in [2.05, 4.69) is 28.4 Å². The van der Waals surface area contributed by atoms with E-state index < -0.39 is 0 Å². The summed E-state index contributed by atoms with van der Waals surface area (Å²) in [5, 5.41) is 6.76. The number of nitrogens with one attached hydrogen (secondary N) is 1. The van der Waals surface area contributed by atoms with Crippen molar-refractivity contribution in [3.05, 3.63) is 41.1 Å². The number of hydrogen-bond acceptors (Lipinski definition) is 2. The number of carbonyl (C=O) groups excluding carboxylic acids is 1. The third-order valence-corrected chi connectivity index (χ3v) is 2.24. The third kappa shape index (κ3) is 1.96. The Kier molecular flexibility index (Phi) is 2.37. The average molecular weight is 200 g/mol. The lowest BCUT2D eigenvalue weighted by Crippen LogP contribution is -1.82. The quantitative estimate of drug-likeness (QED) is 0.757. The van der Waals surface area contributed by atoms with E-state index in [-0.39, 0.29) is 0 Å². The molecule has 0 atom stereocenters. The van der Waals surface area contributed by atoms with Gasteiger partial charge in [-0.05, 0) is 32.0 Å². The summed E-state index contributed by atoms with van der Waals surface area (Å²) in [4.78, 5) is 10.5. The van der Waals surface area contributed by atoms with Gasteiger partial charge in [0, 0.05) is 5.56 Å². The molecule has 0 aliphatic carbocycles. The minimum atomic E-state index is 0.504. The van der Waals surface area contributed by atoms with Gasteiger partial charge in [0.2, 0.25) is 0 Å². The first-order valence-corrected chi connectivity index (χ1v) is 4.78. The number of hydrogen-bond donors (Lipinski definition) is 1. The molecule has 0 radical (unpaired) electrons. The summed E-state index contributed by atoms with van der Waals surface area (Å²) in [6, 6.07) is 7.97. The van der Waals surface area contributed by atoms with Gasteiger partial charge in [0.05, 0.1) is 11.4 Å². The van der Waals surface area contributed by atoms with Gasteiger partial charge < -0.3 is 0 Å². The summed E-state index contributed by atoms with van der Waals surface area (Å²) in [6.07, 6.45) is 0.763. The zero-order valence-corrected chi connectivity index (χ0v) is 8.74. The summed E-state index contributed by atoms with van der Waals surface area (Å²) in [5.74, 6) is 0. The molecule has 3 heteroatoms. The fourth-order valence-corrected chi connectivity index (χ4v) is 1.67. The second kappa shape index (κ2) is 3.69. The van der Waals surface area contributed by atoms with Gasteiger partial charge in [0.25, 0.3) is 0 Å². The summed E-state index contributed by atoms with van der Waals surface area (Å²) in [5.41, 5.74) is 4.74. The highest BCUT2D eigenvalue weighted by molar-refractivity contribution is 5.75. The first kappa shape index (κ1) is 9.65. The highest BCUT2D eigenvalue weighted by atomic mass is 16.1. The molecule has 0 spiro atoms. The van der Waals surface area contributed by atoms with Crippen LogP contribution in [0.1, 0.15) is 21.6 Å². The van der Waals surface area contributed by atoms with Crippen LogP contribution in [0.2, 0.25) is 0 Å². The highest BCUT2D eigenvalue weighted by Crippen LogP contribution is 2.20. The van der Waals surface area contributed by atoms with E-state index in [1.165, 1.54) is 11.1 Å². The fraction of sp³-hybridized carbons (Fsp3) is 0.167. The Morgan fingerprint density at radius 3 is 2.33 bits per heavy atom. The SMILES string of the molecule is Cc1cc(C)cc(-c2cc(C=O)[nH]n2)c1. The molecule has 2 aromatic rings. The first-order chi connectivity index (χ1) is 7.19. The van der Waals surface area contributed by atoms with E-state index in [0.717, 1.165) is 17.5 Å². The molecule has 0 aliphatic rings. The van der Waals surface area contributed by atoms with Crippen LogP contribution >= 0.6 is 0 Å². The summed E-state index contributed by atoms with van der Waals surface area (Å²) in [6.45, 7) is 4.09. The van der Waals surface area contributed by atoms with Gasteiger partial charge >= 0.3 is 0 Å². The second-order valence-corrected chi connectivity index (χ2v) is 3.70. The molecule has 0 fully saturated rings. The molecular formula is C12H12N2O. The molecule has 0 aliphatic heterocycles. The van der Waals surface area contributed by atoms with Crippen LogP contribution in [0.4, 0.5) is 0 Å². The van der Waals surface area contributed by atoms with Crippen molar-refractivity contribution in [1.82, 2.24) is 10.2 Å². The van der Waals surface area contributed by atoms with E-state index in [9.17, 15) is 4.79 Å². The Bertz CT molecular complexity index is 480. The fourth-order valence-electron chi connectivity index (χ4n) is 1.67. The van der Waals surface area contributed by atoms with Crippen molar-refractivity contribution < 1.29 is 4.79 Å². The van der Waals surface area contributed by atoms with E-state index in [1.807, 2.05) is 13.8 Å². The van der Waals surface area contributed by atoms with Crippen LogP contribution in [-0.2, 0) is 0 Å². The van der Waals surface area contributed by atoms with Crippen LogP contribution in [-0.4, -0.2) is 16.5 Å². The predicted octanol–water partition coefficient (Wildman–Crippen LogP) is 2.51. The average Bonchev–Trinajstić information content (AvgIpc) is 2.64. The summed E-state index contributed by atoms with van der Waals surface area (Å²) < 4.78 is 0. The number of H-pyrrole nitrogens is 1. The van der Waals surface area contributed by atoms with Crippen molar-refractivity contribution in [3.8, 4) is 11.3 Å². The maximum absolute atomic E-state index is 10.5. The number of benzene rings is 1. The van der Waals surface area contributed by atoms with Crippen LogP contribution in [0, 0.1) is 13.8 Å². The van der Waals surface area contributed by atoms with E-state index >= 15 is 0 Å². The Hall–Kier alpha value is -1.90. The number of aryl methyl sites for hydroxylation is 2. The Balaban J connectivity index is 2.48. The van der Waals surface area contributed by atoms with Crippen molar-refractivity contribution >= 4 is 6.29 Å². The van der Waals surface area contributed by atoms with Crippen LogP contribution in [0.5, 0.6) is 0 Å². The summed E-state index contributed by atoms with van der Waals surface area (Å²) >= 11 is 0. The number of aromatic amines is 1. The molecule has 0 amide bonds. The monoisotopic (exact) mass is 200 g/mol. The minimum Gasteiger partial charge on any atom is -0.296 e. The van der Waals surface area contributed by atoms with Crippen LogP contribution < -0.4 is 0 Å². The highest BCUT2D eigenvalue weighted by Gasteiger charge is 2.04. The first-order valence-electron chi connectivity index (χ1n) is 4.78. The van der Waals surface area contributed by atoms with Crippen LogP contribution in [0.25, 0.3) is 11.3 Å². The van der Waals surface area contributed by atoms with Crippen molar-refractivity contribution in [3.63, 3.8) is 0 Å². The molecule has 0 bridgehead atoms. The maximum atomic E-state index is 10.5. The molecular weight excluding hydrogens is 188 g/mol. The summed E-state index contributed by atoms with van der Waals surface area (Å²) in [7, 11) is 0. The van der Waals surface area contributed by atoms with Crippen molar-refractivity contribution in [2.75, 3.05) is 0 Å². The predicted molar refractivity (Wildman–Crippen MR) is 58.9 cm³/mol. The molecule has 1 aromatic carbocycles. The lowest BCUT2D eigenvalue weighted by Gasteiger charge is -2.00. The zero-order chi connectivity index (χ0) is 10.8. The third-order valence-electron chi connectivity index (χ3n) is 2.24. The number of aldehydes is 1. The van der Waals surface area contributed by atoms with Crippen LogP contribution in [0.15, 0.2) is 24.3 Å². The van der Waals surface area contributed by atoms with Gasteiger partial charge in [0.1, 0.15) is 0 Å². The molecule has 1 N–H and O–H groups in total. The molecule has 2 rings (SSSR count). The lowest BCUT2D eigenvalue weighted by molar-refractivity contribution is 0.111. The topological polar surface area (TPSA) is 45.8 Å². The van der Waals surface area contributed by atoms with Gasteiger partial charge in [-0.1, -0.05) is 17.2 Å². The largest absolute Gasteiger partial charge is 0.296 e. The standard InChI is InChI=1S/C12H12N2O/c1-8-3-9(2)5-10(4-8)12-6-11(7-15)13-14-12/h3-7H,1-2H3,(H,13,14). The molecule has 0 saturated carbocycles. The number of nitrogens with zero attached hydrogens (tertiary/aromatic N) is 1. The van der Waals surface area contributed by atoms with Gasteiger partial charge in [0.15, 0.2) is 6.29 Å². The Morgan fingerprint density at radius 1 is 1.13 bits per heavy atom. The van der Waals surface area contributed by atoms with E-state index in [4.69, 9.17) is 0 Å². The second-order valence-electron chi connectivity index (χ2n) is 3.70. The zero-order valence-electron chi connectivity index (χ0n) is 8.74. The Labute approximate surface area is 88.1 Å². The minimum absolute atomic E-state index is 0.504. The molecule has 0 unspecified atom stereocenters. The molecule has 0 saturated heterocycles. The molecule has 3 nitrogen and oxygen atoms in total. The lowest BCUT2D eigenvalue weighted by atomic mass is 10.1. The van der Waals surface area contributed by atoms with Gasteiger partial charge in [-0.2, -0.15) is 5.10 Å². The van der Waals surface area contributed by atoms with Crippen molar-refractivity contribution in [2.24, 2.45) is 0 Å². The number of carbonyl (C=O) groups is 1. The van der Waals surface area contributed by atoms with E-state index in [1.54, 1.807) is 6.07 Å². The maximum Gasteiger partial charge on any atom is 0.167 e. The van der Waals surface area contributed by atoms with Gasteiger partial charge in [-0.25, -0.2) is 0 Å². The van der Waals surface area contributed by atoms with Crippen molar-refractivity contribution in [2.45, 2.75) is 13.8 Å². The van der Waals surface area contributed by atoms with E-state index in [0.29, 0.717) is 5.69 Å². The molecule has 15 heavy (non-hydrogen) atoms. The molecule has 76 valence electrons. The Morgan fingerprint density at radius 2 is 1.80 bits per heavy atom. The molecule has 1 heterocycles. The van der Waals surface area contributed by atoms with Gasteiger partial charge in [-0.3, -0.25) is 9.89 Å². The smallest absolute Gasteiger partial charge is 0.167 e. The molecule has 1 aromatic heterocycles. The van der Waals surface area contributed by atoms with Crippen molar-refractivity contribution in [1.29, 1.82) is 0 Å². The normalized spacial score (nSPS) is 10.3. The van der Waals surface area contributed by atoms with Gasteiger partial charge in [-0.15, -0.1) is 0 Å². The van der Waals surface area contributed by atoms with Crippen LogP contribution in [0.3, 0.4) is 0 Å². The number of aromatic nitrogens is 2. The number of rotatable bonds is 2.